The topological polar surface area (TPSA) is 69.4 Å². The van der Waals surface area contributed by atoms with Crippen LogP contribution in [0.3, 0.4) is 0 Å². The molecule has 0 bridgehead atoms. The van der Waals surface area contributed by atoms with Gasteiger partial charge < -0.3 is 4.52 Å². The summed E-state index contributed by atoms with van der Waals surface area (Å²) < 4.78 is 18.9. The number of hydrogen-bond donors (Lipinski definition) is 0. The second-order valence-electron chi connectivity index (χ2n) is 4.87. The van der Waals surface area contributed by atoms with Gasteiger partial charge in [-0.2, -0.15) is 0 Å². The van der Waals surface area contributed by atoms with E-state index in [1.54, 1.807) is 12.1 Å². The molecule has 0 heterocycles. The highest BCUT2D eigenvalue weighted by molar-refractivity contribution is 7.68. The highest BCUT2D eigenvalue weighted by Gasteiger charge is 2.31. The maximum Gasteiger partial charge on any atom is 0.279 e. The fraction of sp³-hybridized carbons (Fsp3) is 0.200. The molecule has 0 aliphatic rings. The predicted molar refractivity (Wildman–Crippen MR) is 82.5 cm³/mol. The van der Waals surface area contributed by atoms with Gasteiger partial charge in [-0.05, 0) is 24.3 Å². The van der Waals surface area contributed by atoms with Gasteiger partial charge in [0, 0.05) is 23.1 Å². The minimum absolute atomic E-state index is 0.0264. The van der Waals surface area contributed by atoms with E-state index in [0.717, 1.165) is 0 Å². The Morgan fingerprint density at radius 3 is 2.10 bits per heavy atom. The Balaban J connectivity index is 2.33. The maximum atomic E-state index is 13.1. The van der Waals surface area contributed by atoms with Crippen molar-refractivity contribution in [3.05, 3.63) is 64.7 Å². The monoisotopic (exact) mass is 305 g/mol. The van der Waals surface area contributed by atoms with E-state index < -0.39 is 12.3 Å². The molecule has 110 valence electrons. The molecule has 6 heteroatoms. The minimum atomic E-state index is -3.07. The summed E-state index contributed by atoms with van der Waals surface area (Å²) in [5.74, 6) is 0.362. The lowest BCUT2D eigenvalue weighted by atomic mass is 10.3. The zero-order chi connectivity index (χ0) is 15.5. The van der Waals surface area contributed by atoms with Gasteiger partial charge in [0.15, 0.2) is 0 Å². The van der Waals surface area contributed by atoms with Crippen LogP contribution in [0.1, 0.15) is 13.8 Å². The Bertz CT molecular complexity index is 668. The summed E-state index contributed by atoms with van der Waals surface area (Å²) in [4.78, 5) is 10.2. The van der Waals surface area contributed by atoms with E-state index >= 15 is 0 Å². The van der Waals surface area contributed by atoms with Crippen molar-refractivity contribution in [3.63, 3.8) is 0 Å². The fourth-order valence-corrected chi connectivity index (χ4v) is 3.81. The zero-order valence-corrected chi connectivity index (χ0v) is 12.7. The molecule has 0 saturated heterocycles. The summed E-state index contributed by atoms with van der Waals surface area (Å²) in [5.41, 5.74) is -0.225. The lowest BCUT2D eigenvalue weighted by Gasteiger charge is -2.23. The van der Waals surface area contributed by atoms with E-state index in [-0.39, 0.29) is 11.3 Å². The maximum absolute atomic E-state index is 13.1. The first-order valence-corrected chi connectivity index (χ1v) is 8.22. The molecule has 1 atom stereocenters. The van der Waals surface area contributed by atoms with Crippen molar-refractivity contribution in [2.24, 2.45) is 0 Å². The Kier molecular flexibility index (Phi) is 4.43. The number of hydrogen-bond acceptors (Lipinski definition) is 4. The first-order valence-electron chi connectivity index (χ1n) is 6.53. The van der Waals surface area contributed by atoms with E-state index in [2.05, 4.69) is 0 Å². The van der Waals surface area contributed by atoms with Crippen LogP contribution < -0.4 is 9.83 Å². The Labute approximate surface area is 123 Å². The summed E-state index contributed by atoms with van der Waals surface area (Å²) in [6.45, 7) is 3.67. The molecule has 2 rings (SSSR count). The van der Waals surface area contributed by atoms with E-state index in [0.29, 0.717) is 11.1 Å². The summed E-state index contributed by atoms with van der Waals surface area (Å²) >= 11 is 0. The number of benzene rings is 2. The van der Waals surface area contributed by atoms with Crippen LogP contribution in [0.5, 0.6) is 5.75 Å². The van der Waals surface area contributed by atoms with Gasteiger partial charge in [-0.1, -0.05) is 32.0 Å². The average Bonchev–Trinajstić information content (AvgIpc) is 2.48. The molecule has 0 aliphatic heterocycles. The van der Waals surface area contributed by atoms with Gasteiger partial charge in [-0.15, -0.1) is 0 Å². The summed E-state index contributed by atoms with van der Waals surface area (Å²) in [5, 5.41) is 11.3. The molecular formula is C15H16NO4P. The molecule has 2 aromatic carbocycles. The fourth-order valence-electron chi connectivity index (χ4n) is 1.88. The van der Waals surface area contributed by atoms with Crippen LogP contribution >= 0.6 is 7.37 Å². The second-order valence-corrected chi connectivity index (χ2v) is 7.79. The van der Waals surface area contributed by atoms with Gasteiger partial charge in [0.05, 0.1) is 4.92 Å². The van der Waals surface area contributed by atoms with Crippen molar-refractivity contribution in [2.75, 3.05) is 0 Å². The summed E-state index contributed by atoms with van der Waals surface area (Å²) in [7, 11) is -3.07. The quantitative estimate of drug-likeness (QED) is 0.476. The van der Waals surface area contributed by atoms with Crippen molar-refractivity contribution in [1.29, 1.82) is 0 Å². The normalized spacial score (nSPS) is 13.7. The lowest BCUT2D eigenvalue weighted by Crippen LogP contribution is -2.16. The summed E-state index contributed by atoms with van der Waals surface area (Å²) in [6, 6.07) is 14.6. The Morgan fingerprint density at radius 2 is 1.62 bits per heavy atom. The number of nitrogens with zero attached hydrogens (tertiary/aromatic N) is 1. The van der Waals surface area contributed by atoms with Crippen LogP contribution in [0.4, 0.5) is 5.69 Å². The standard InChI is InChI=1S/C15H16NO4P/c1-12(2)21(19,15-6-4-3-5-7-15)20-14-10-8-13(9-11-14)16(17)18/h3-12H,1-2H3. The van der Waals surface area contributed by atoms with Gasteiger partial charge in [0.2, 0.25) is 0 Å². The zero-order valence-electron chi connectivity index (χ0n) is 11.8. The molecule has 2 aromatic rings. The van der Waals surface area contributed by atoms with Gasteiger partial charge in [-0.25, -0.2) is 0 Å². The predicted octanol–water partition coefficient (Wildman–Crippen LogP) is 3.99. The number of nitro groups is 1. The number of rotatable bonds is 5. The van der Waals surface area contributed by atoms with Crippen LogP contribution in [0.15, 0.2) is 54.6 Å². The molecule has 0 aliphatic carbocycles. The number of non-ortho nitro benzene ring substituents is 1. The Morgan fingerprint density at radius 1 is 1.05 bits per heavy atom. The van der Waals surface area contributed by atoms with Gasteiger partial charge in [-0.3, -0.25) is 14.7 Å². The summed E-state index contributed by atoms with van der Waals surface area (Å²) in [6.07, 6.45) is 0. The smallest absolute Gasteiger partial charge is 0.279 e. The van der Waals surface area contributed by atoms with Crippen LogP contribution in [0.25, 0.3) is 0 Å². The third-order valence-corrected chi connectivity index (χ3v) is 5.94. The molecule has 0 N–H and O–H groups in total. The minimum Gasteiger partial charge on any atom is -0.440 e. The second kappa shape index (κ2) is 6.10. The van der Waals surface area contributed by atoms with E-state index in [9.17, 15) is 14.7 Å². The lowest BCUT2D eigenvalue weighted by molar-refractivity contribution is -0.384. The van der Waals surface area contributed by atoms with Crippen molar-refractivity contribution < 1.29 is 14.0 Å². The average molecular weight is 305 g/mol. The SMILES string of the molecule is CC(C)P(=O)(Oc1ccc([N+](=O)[O-])cc1)c1ccccc1. The van der Waals surface area contributed by atoms with Crippen LogP contribution in [-0.4, -0.2) is 10.6 Å². The molecule has 21 heavy (non-hydrogen) atoms. The largest absolute Gasteiger partial charge is 0.440 e. The molecule has 5 nitrogen and oxygen atoms in total. The van der Waals surface area contributed by atoms with Crippen molar-refractivity contribution in [2.45, 2.75) is 19.5 Å². The third-order valence-electron chi connectivity index (χ3n) is 3.08. The van der Waals surface area contributed by atoms with Gasteiger partial charge >= 0.3 is 0 Å². The third kappa shape index (κ3) is 3.31. The Hall–Kier alpha value is -2.13. The molecule has 0 saturated carbocycles. The molecule has 1 unspecified atom stereocenters. The van der Waals surface area contributed by atoms with Crippen LogP contribution in [0.2, 0.25) is 0 Å². The van der Waals surface area contributed by atoms with Gasteiger partial charge in [0.1, 0.15) is 5.75 Å². The van der Waals surface area contributed by atoms with Crippen LogP contribution in [-0.2, 0) is 4.57 Å². The first-order chi connectivity index (χ1) is 9.93. The number of nitro benzene ring substituents is 1. The van der Waals surface area contributed by atoms with E-state index in [1.165, 1.54) is 24.3 Å². The molecule has 0 amide bonds. The molecular weight excluding hydrogens is 289 g/mol. The molecule has 0 fully saturated rings. The molecule has 0 radical (unpaired) electrons. The highest BCUT2D eigenvalue weighted by atomic mass is 31.2. The van der Waals surface area contributed by atoms with E-state index in [1.807, 2.05) is 32.0 Å². The van der Waals surface area contributed by atoms with E-state index in [4.69, 9.17) is 4.52 Å². The van der Waals surface area contributed by atoms with Gasteiger partial charge in [0.25, 0.3) is 13.1 Å². The van der Waals surface area contributed by atoms with Crippen molar-refractivity contribution in [3.8, 4) is 5.75 Å². The highest BCUT2D eigenvalue weighted by Crippen LogP contribution is 2.50. The van der Waals surface area contributed by atoms with Crippen molar-refractivity contribution >= 4 is 18.4 Å². The first kappa shape index (κ1) is 15.3. The molecule has 0 spiro atoms. The van der Waals surface area contributed by atoms with Crippen LogP contribution in [0, 0.1) is 10.1 Å². The van der Waals surface area contributed by atoms with Crippen molar-refractivity contribution in [1.82, 2.24) is 0 Å². The molecule has 0 aromatic heterocycles.